The fraction of sp³-hybridized carbons (Fsp3) is 0.520. The summed E-state index contributed by atoms with van der Waals surface area (Å²) in [5, 5.41) is 3.09. The summed E-state index contributed by atoms with van der Waals surface area (Å²) in [6.07, 6.45) is 9.17. The van der Waals surface area contributed by atoms with E-state index < -0.39 is 11.7 Å². The molecule has 1 aromatic carbocycles. The first-order chi connectivity index (χ1) is 14.2. The van der Waals surface area contributed by atoms with Crippen molar-refractivity contribution in [3.63, 3.8) is 0 Å². The fourth-order valence-electron chi connectivity index (χ4n) is 3.86. The van der Waals surface area contributed by atoms with Crippen LogP contribution in [0.4, 0.5) is 4.79 Å². The Morgan fingerprint density at radius 1 is 1.30 bits per heavy atom. The second-order valence-electron chi connectivity index (χ2n) is 9.35. The molecule has 5 heteroatoms. The molecule has 1 aromatic heterocycles. The van der Waals surface area contributed by atoms with Crippen LogP contribution in [-0.4, -0.2) is 21.2 Å². The summed E-state index contributed by atoms with van der Waals surface area (Å²) >= 11 is 0. The van der Waals surface area contributed by atoms with Crippen LogP contribution in [0.3, 0.4) is 0 Å². The van der Waals surface area contributed by atoms with Crippen molar-refractivity contribution in [1.29, 1.82) is 0 Å². The second-order valence-corrected chi connectivity index (χ2v) is 9.35. The van der Waals surface area contributed by atoms with E-state index in [4.69, 9.17) is 9.72 Å². The Kier molecular flexibility index (Phi) is 6.69. The number of aryl methyl sites for hydroxylation is 1. The van der Waals surface area contributed by atoms with Gasteiger partial charge in [-0.15, -0.1) is 0 Å². The third kappa shape index (κ3) is 5.13. The van der Waals surface area contributed by atoms with Crippen molar-refractivity contribution in [2.75, 3.05) is 0 Å². The predicted molar refractivity (Wildman–Crippen MR) is 123 cm³/mol. The number of hydrogen-bond acceptors (Lipinski definition) is 3. The molecular weight excluding hydrogens is 374 g/mol. The highest BCUT2D eigenvalue weighted by molar-refractivity contribution is 5.80. The monoisotopic (exact) mass is 409 g/mol. The molecule has 1 heterocycles. The Labute approximate surface area is 180 Å². The number of rotatable bonds is 6. The standard InChI is InChI=1S/C25H35N3O2/c1-7-19-14-11-15-20-22(19)26-23(28(20)16-18-12-9-8-10-13-18)21(17(2)3)27-24(29)30-25(4,5)6/h8-9,11-12,14-15,17,21H,7,10,13,16H2,1-6H3,(H,27,29). The van der Waals surface area contributed by atoms with Gasteiger partial charge in [-0.2, -0.15) is 0 Å². The fourth-order valence-corrected chi connectivity index (χ4v) is 3.86. The number of imidazole rings is 1. The number of fused-ring (bicyclic) bond motifs is 1. The van der Waals surface area contributed by atoms with Crippen LogP contribution in [0.5, 0.6) is 0 Å². The summed E-state index contributed by atoms with van der Waals surface area (Å²) in [6.45, 7) is 12.8. The van der Waals surface area contributed by atoms with Gasteiger partial charge in [-0.1, -0.05) is 56.7 Å². The largest absolute Gasteiger partial charge is 0.444 e. The maximum absolute atomic E-state index is 12.6. The minimum atomic E-state index is -0.541. The number of carbonyl (C=O) groups is 1. The SMILES string of the molecule is CCc1cccc2c1nc(C(NC(=O)OC(C)(C)C)C(C)C)n2CC1=CC=CCC1. The van der Waals surface area contributed by atoms with Crippen molar-refractivity contribution >= 4 is 17.1 Å². The van der Waals surface area contributed by atoms with E-state index in [0.717, 1.165) is 42.7 Å². The van der Waals surface area contributed by atoms with Gasteiger partial charge in [-0.25, -0.2) is 9.78 Å². The molecule has 3 rings (SSSR count). The van der Waals surface area contributed by atoms with Crippen LogP contribution in [-0.2, 0) is 17.7 Å². The first kappa shape index (κ1) is 22.1. The molecule has 1 amide bonds. The molecule has 0 aliphatic heterocycles. The second kappa shape index (κ2) is 9.07. The zero-order chi connectivity index (χ0) is 21.9. The number of benzene rings is 1. The van der Waals surface area contributed by atoms with Crippen LogP contribution in [0, 0.1) is 5.92 Å². The van der Waals surface area contributed by atoms with Gasteiger partial charge in [-0.05, 0) is 57.6 Å². The number of allylic oxidation sites excluding steroid dienone is 4. The topological polar surface area (TPSA) is 56.1 Å². The Morgan fingerprint density at radius 2 is 2.07 bits per heavy atom. The van der Waals surface area contributed by atoms with Crippen LogP contribution in [0.25, 0.3) is 11.0 Å². The van der Waals surface area contributed by atoms with E-state index in [1.807, 2.05) is 20.8 Å². The Balaban J connectivity index is 2.06. The molecule has 1 aliphatic carbocycles. The highest BCUT2D eigenvalue weighted by Crippen LogP contribution is 2.30. The van der Waals surface area contributed by atoms with Gasteiger partial charge in [0.2, 0.25) is 0 Å². The summed E-state index contributed by atoms with van der Waals surface area (Å²) in [5.41, 5.74) is 4.21. The van der Waals surface area contributed by atoms with Crippen molar-refractivity contribution in [1.82, 2.24) is 14.9 Å². The molecule has 0 spiro atoms. The Morgan fingerprint density at radius 3 is 2.67 bits per heavy atom. The van der Waals surface area contributed by atoms with Gasteiger partial charge in [0.15, 0.2) is 0 Å². The first-order valence-corrected chi connectivity index (χ1v) is 11.0. The maximum atomic E-state index is 12.6. The van der Waals surface area contributed by atoms with Crippen LogP contribution in [0.15, 0.2) is 42.0 Å². The Hall–Kier alpha value is -2.56. The maximum Gasteiger partial charge on any atom is 0.408 e. The molecule has 2 aromatic rings. The number of ether oxygens (including phenoxy) is 1. The summed E-state index contributed by atoms with van der Waals surface area (Å²) in [7, 11) is 0. The lowest BCUT2D eigenvalue weighted by Crippen LogP contribution is -2.38. The minimum absolute atomic E-state index is 0.165. The molecule has 0 bridgehead atoms. The number of nitrogens with zero attached hydrogens (tertiary/aromatic N) is 2. The van der Waals surface area contributed by atoms with Crippen molar-refractivity contribution in [2.24, 2.45) is 5.92 Å². The molecule has 1 unspecified atom stereocenters. The molecule has 0 radical (unpaired) electrons. The average molecular weight is 410 g/mol. The molecule has 1 atom stereocenters. The zero-order valence-electron chi connectivity index (χ0n) is 19.2. The van der Waals surface area contributed by atoms with Gasteiger partial charge in [0.05, 0.1) is 17.1 Å². The summed E-state index contributed by atoms with van der Waals surface area (Å²) in [4.78, 5) is 17.7. The van der Waals surface area contributed by atoms with Gasteiger partial charge in [0.1, 0.15) is 11.4 Å². The van der Waals surface area contributed by atoms with Crippen LogP contribution in [0.1, 0.15) is 71.8 Å². The molecular formula is C25H35N3O2. The molecule has 0 saturated carbocycles. The molecule has 1 aliphatic rings. The van der Waals surface area contributed by atoms with Crippen molar-refractivity contribution in [2.45, 2.75) is 79.0 Å². The molecule has 30 heavy (non-hydrogen) atoms. The number of nitrogens with one attached hydrogen (secondary N) is 1. The minimum Gasteiger partial charge on any atom is -0.444 e. The summed E-state index contributed by atoms with van der Waals surface area (Å²) < 4.78 is 7.82. The van der Waals surface area contributed by atoms with Gasteiger partial charge in [0, 0.05) is 6.54 Å². The Bertz CT molecular complexity index is 961. The summed E-state index contributed by atoms with van der Waals surface area (Å²) in [5.74, 6) is 1.06. The van der Waals surface area contributed by atoms with Crippen molar-refractivity contribution in [3.8, 4) is 0 Å². The first-order valence-electron chi connectivity index (χ1n) is 11.0. The van der Waals surface area contributed by atoms with E-state index in [0.29, 0.717) is 0 Å². The van der Waals surface area contributed by atoms with Gasteiger partial charge in [0.25, 0.3) is 0 Å². The number of alkyl carbamates (subject to hydrolysis) is 1. The highest BCUT2D eigenvalue weighted by Gasteiger charge is 2.28. The number of amides is 1. The smallest absolute Gasteiger partial charge is 0.408 e. The van der Waals surface area contributed by atoms with E-state index in [-0.39, 0.29) is 12.0 Å². The molecule has 1 N–H and O–H groups in total. The predicted octanol–water partition coefficient (Wildman–Crippen LogP) is 6.10. The molecule has 5 nitrogen and oxygen atoms in total. The lowest BCUT2D eigenvalue weighted by Gasteiger charge is -2.26. The van der Waals surface area contributed by atoms with Crippen molar-refractivity contribution in [3.05, 3.63) is 53.4 Å². The van der Waals surface area contributed by atoms with Crippen molar-refractivity contribution < 1.29 is 9.53 Å². The van der Waals surface area contributed by atoms with E-state index in [2.05, 4.69) is 67.1 Å². The van der Waals surface area contributed by atoms with E-state index in [1.165, 1.54) is 11.1 Å². The van der Waals surface area contributed by atoms with Gasteiger partial charge >= 0.3 is 6.09 Å². The third-order valence-electron chi connectivity index (χ3n) is 5.35. The van der Waals surface area contributed by atoms with Crippen LogP contribution in [0.2, 0.25) is 0 Å². The number of aromatic nitrogens is 2. The lowest BCUT2D eigenvalue weighted by atomic mass is 10.0. The highest BCUT2D eigenvalue weighted by atomic mass is 16.6. The molecule has 0 fully saturated rings. The average Bonchev–Trinajstić information content (AvgIpc) is 3.03. The van der Waals surface area contributed by atoms with E-state index in [9.17, 15) is 4.79 Å². The number of hydrogen-bond donors (Lipinski definition) is 1. The van der Waals surface area contributed by atoms with E-state index in [1.54, 1.807) is 0 Å². The third-order valence-corrected chi connectivity index (χ3v) is 5.35. The van der Waals surface area contributed by atoms with Crippen LogP contribution < -0.4 is 5.32 Å². The van der Waals surface area contributed by atoms with E-state index >= 15 is 0 Å². The quantitative estimate of drug-likeness (QED) is 0.627. The lowest BCUT2D eigenvalue weighted by molar-refractivity contribution is 0.0485. The zero-order valence-corrected chi connectivity index (χ0v) is 19.2. The van der Waals surface area contributed by atoms with Gasteiger partial charge < -0.3 is 14.6 Å². The van der Waals surface area contributed by atoms with Crippen LogP contribution >= 0.6 is 0 Å². The van der Waals surface area contributed by atoms with Gasteiger partial charge in [-0.3, -0.25) is 0 Å². The number of para-hydroxylation sites is 1. The molecule has 0 saturated heterocycles. The number of carbonyl (C=O) groups excluding carboxylic acids is 1. The summed E-state index contributed by atoms with van der Waals surface area (Å²) in [6, 6.07) is 6.13. The normalized spacial score (nSPS) is 15.4. The molecule has 162 valence electrons.